The summed E-state index contributed by atoms with van der Waals surface area (Å²) in [6.45, 7) is 11.5. The Hall–Kier alpha value is -2.99. The summed E-state index contributed by atoms with van der Waals surface area (Å²) in [4.78, 5) is 15.6. The van der Waals surface area contributed by atoms with Gasteiger partial charge in [-0.3, -0.25) is 4.79 Å². The van der Waals surface area contributed by atoms with Crippen LogP contribution < -0.4 is 5.32 Å². The molecule has 5 nitrogen and oxygen atoms in total. The number of aromatic nitrogens is 2. The number of nitrogens with one attached hydrogen (secondary N) is 1. The van der Waals surface area contributed by atoms with Gasteiger partial charge in [-0.1, -0.05) is 26.0 Å². The van der Waals surface area contributed by atoms with Crippen LogP contribution in [0, 0.1) is 12.7 Å². The monoisotopic (exact) mass is 436 g/mol. The Labute approximate surface area is 190 Å². The molecule has 1 heterocycles. The standard InChI is InChI=1S/C26H33FN4O/c1-5-30(6-2)16-8-10-20(4)28-26(32)25-18-24(21-12-14-22(27)15-13-21)29-31(25)23-11-7-9-19(3)17-23/h7,9,11-15,17-18,20H,5-6,8,10,16H2,1-4H3,(H,28,32). The Kier molecular flexibility index (Phi) is 8.17. The van der Waals surface area contributed by atoms with Crippen molar-refractivity contribution in [3.05, 3.63) is 71.7 Å². The molecule has 170 valence electrons. The van der Waals surface area contributed by atoms with E-state index in [1.54, 1.807) is 22.9 Å². The second-order valence-corrected chi connectivity index (χ2v) is 8.22. The number of carbonyl (C=O) groups is 1. The molecular weight excluding hydrogens is 403 g/mol. The molecular formula is C26H33FN4O. The van der Waals surface area contributed by atoms with E-state index in [0.29, 0.717) is 11.4 Å². The van der Waals surface area contributed by atoms with Gasteiger partial charge < -0.3 is 10.2 Å². The Morgan fingerprint density at radius 1 is 1.12 bits per heavy atom. The van der Waals surface area contributed by atoms with Crippen LogP contribution in [0.25, 0.3) is 16.9 Å². The summed E-state index contributed by atoms with van der Waals surface area (Å²) >= 11 is 0. The van der Waals surface area contributed by atoms with E-state index in [2.05, 4.69) is 29.2 Å². The van der Waals surface area contributed by atoms with Gasteiger partial charge in [-0.25, -0.2) is 9.07 Å². The van der Waals surface area contributed by atoms with Crippen LogP contribution in [0.5, 0.6) is 0 Å². The third-order valence-electron chi connectivity index (χ3n) is 5.71. The number of halogens is 1. The number of nitrogens with zero attached hydrogens (tertiary/aromatic N) is 3. The molecule has 3 aromatic rings. The molecule has 0 aliphatic carbocycles. The molecule has 1 amide bonds. The molecule has 0 fully saturated rings. The van der Waals surface area contributed by atoms with Gasteiger partial charge >= 0.3 is 0 Å². The maximum Gasteiger partial charge on any atom is 0.270 e. The van der Waals surface area contributed by atoms with Crippen molar-refractivity contribution in [2.24, 2.45) is 0 Å². The first-order valence-corrected chi connectivity index (χ1v) is 11.4. The lowest BCUT2D eigenvalue weighted by Crippen LogP contribution is -2.34. The molecule has 0 saturated carbocycles. The number of rotatable bonds is 10. The van der Waals surface area contributed by atoms with Crippen LogP contribution in [0.2, 0.25) is 0 Å². The SMILES string of the molecule is CCN(CC)CCCC(C)NC(=O)c1cc(-c2ccc(F)cc2)nn1-c1cccc(C)c1. The van der Waals surface area contributed by atoms with Gasteiger partial charge in [-0.2, -0.15) is 5.10 Å². The van der Waals surface area contributed by atoms with E-state index in [4.69, 9.17) is 0 Å². The van der Waals surface area contributed by atoms with E-state index >= 15 is 0 Å². The molecule has 0 radical (unpaired) electrons. The number of carbonyl (C=O) groups excluding carboxylic acids is 1. The van der Waals surface area contributed by atoms with Gasteiger partial charge in [0.2, 0.25) is 0 Å². The first kappa shape index (κ1) is 23.7. The van der Waals surface area contributed by atoms with E-state index < -0.39 is 0 Å². The fourth-order valence-corrected chi connectivity index (χ4v) is 3.79. The second-order valence-electron chi connectivity index (χ2n) is 8.22. The maximum atomic E-state index is 13.4. The first-order valence-electron chi connectivity index (χ1n) is 11.4. The minimum Gasteiger partial charge on any atom is -0.348 e. The topological polar surface area (TPSA) is 50.2 Å². The maximum absolute atomic E-state index is 13.4. The minimum absolute atomic E-state index is 0.0493. The van der Waals surface area contributed by atoms with Crippen molar-refractivity contribution in [3.63, 3.8) is 0 Å². The Balaban J connectivity index is 1.82. The lowest BCUT2D eigenvalue weighted by Gasteiger charge is -2.20. The van der Waals surface area contributed by atoms with Gasteiger partial charge in [0.05, 0.1) is 11.4 Å². The third kappa shape index (κ3) is 6.04. The molecule has 0 bridgehead atoms. The van der Waals surface area contributed by atoms with E-state index in [9.17, 15) is 9.18 Å². The van der Waals surface area contributed by atoms with Crippen molar-refractivity contribution in [3.8, 4) is 16.9 Å². The van der Waals surface area contributed by atoms with Crippen LogP contribution in [0.15, 0.2) is 54.6 Å². The fourth-order valence-electron chi connectivity index (χ4n) is 3.79. The van der Waals surface area contributed by atoms with Crippen molar-refractivity contribution >= 4 is 5.91 Å². The zero-order valence-electron chi connectivity index (χ0n) is 19.4. The molecule has 3 rings (SSSR count). The Morgan fingerprint density at radius 2 is 1.84 bits per heavy atom. The minimum atomic E-state index is -0.302. The van der Waals surface area contributed by atoms with Gasteiger partial charge in [0.15, 0.2) is 0 Å². The largest absolute Gasteiger partial charge is 0.348 e. The molecule has 6 heteroatoms. The van der Waals surface area contributed by atoms with E-state index in [1.165, 1.54) is 12.1 Å². The lowest BCUT2D eigenvalue weighted by molar-refractivity contribution is 0.0929. The average molecular weight is 437 g/mol. The third-order valence-corrected chi connectivity index (χ3v) is 5.71. The molecule has 1 atom stereocenters. The number of amides is 1. The summed E-state index contributed by atoms with van der Waals surface area (Å²) in [6, 6.07) is 15.8. The van der Waals surface area contributed by atoms with Gasteiger partial charge in [-0.15, -0.1) is 0 Å². The van der Waals surface area contributed by atoms with Crippen LogP contribution in [0.1, 0.15) is 49.7 Å². The highest BCUT2D eigenvalue weighted by Crippen LogP contribution is 2.23. The molecule has 0 saturated heterocycles. The summed E-state index contributed by atoms with van der Waals surface area (Å²) in [6.07, 6.45) is 1.94. The molecule has 32 heavy (non-hydrogen) atoms. The van der Waals surface area contributed by atoms with E-state index in [1.807, 2.05) is 38.1 Å². The normalized spacial score (nSPS) is 12.2. The van der Waals surface area contributed by atoms with Crippen molar-refractivity contribution in [1.29, 1.82) is 0 Å². The van der Waals surface area contributed by atoms with Gasteiger partial charge in [0.25, 0.3) is 5.91 Å². The summed E-state index contributed by atoms with van der Waals surface area (Å²) in [5.41, 5.74) is 3.76. The lowest BCUT2D eigenvalue weighted by atomic mass is 10.1. The molecule has 0 spiro atoms. The number of benzene rings is 2. The summed E-state index contributed by atoms with van der Waals surface area (Å²) in [5, 5.41) is 7.81. The predicted octanol–water partition coefficient (Wildman–Crippen LogP) is 5.23. The molecule has 1 unspecified atom stereocenters. The zero-order chi connectivity index (χ0) is 23.1. The zero-order valence-corrected chi connectivity index (χ0v) is 19.4. The van der Waals surface area contributed by atoms with Gasteiger partial charge in [0.1, 0.15) is 11.5 Å². The van der Waals surface area contributed by atoms with Gasteiger partial charge in [0, 0.05) is 11.6 Å². The number of hydrogen-bond acceptors (Lipinski definition) is 3. The molecule has 0 aliphatic rings. The van der Waals surface area contributed by atoms with Crippen LogP contribution in [0.4, 0.5) is 4.39 Å². The molecule has 1 aromatic heterocycles. The van der Waals surface area contributed by atoms with E-state index in [-0.39, 0.29) is 17.8 Å². The summed E-state index contributed by atoms with van der Waals surface area (Å²) < 4.78 is 15.0. The van der Waals surface area contributed by atoms with Crippen molar-refractivity contribution in [2.75, 3.05) is 19.6 Å². The number of aryl methyl sites for hydroxylation is 1. The average Bonchev–Trinajstić information content (AvgIpc) is 3.23. The van der Waals surface area contributed by atoms with Crippen LogP contribution in [-0.4, -0.2) is 46.3 Å². The van der Waals surface area contributed by atoms with Crippen LogP contribution in [-0.2, 0) is 0 Å². The van der Waals surface area contributed by atoms with Crippen LogP contribution >= 0.6 is 0 Å². The van der Waals surface area contributed by atoms with Crippen molar-refractivity contribution < 1.29 is 9.18 Å². The smallest absolute Gasteiger partial charge is 0.270 e. The fraction of sp³-hybridized carbons (Fsp3) is 0.385. The summed E-state index contributed by atoms with van der Waals surface area (Å²) in [7, 11) is 0. The predicted molar refractivity (Wildman–Crippen MR) is 128 cm³/mol. The van der Waals surface area contributed by atoms with Crippen LogP contribution in [0.3, 0.4) is 0 Å². The molecule has 1 N–H and O–H groups in total. The second kappa shape index (κ2) is 11.0. The molecule has 0 aliphatic heterocycles. The Morgan fingerprint density at radius 3 is 2.50 bits per heavy atom. The quantitative estimate of drug-likeness (QED) is 0.474. The Bertz CT molecular complexity index is 1020. The highest BCUT2D eigenvalue weighted by atomic mass is 19.1. The first-order chi connectivity index (χ1) is 15.4. The summed E-state index contributed by atoms with van der Waals surface area (Å²) in [5.74, 6) is -0.467. The molecule has 2 aromatic carbocycles. The highest BCUT2D eigenvalue weighted by molar-refractivity contribution is 5.94. The van der Waals surface area contributed by atoms with Crippen molar-refractivity contribution in [2.45, 2.75) is 46.6 Å². The van der Waals surface area contributed by atoms with E-state index in [0.717, 1.165) is 49.3 Å². The van der Waals surface area contributed by atoms with Gasteiger partial charge in [-0.05, 0) is 94.4 Å². The van der Waals surface area contributed by atoms with Crippen molar-refractivity contribution in [1.82, 2.24) is 20.0 Å². The number of hydrogen-bond donors (Lipinski definition) is 1. The highest BCUT2D eigenvalue weighted by Gasteiger charge is 2.19.